The van der Waals surface area contributed by atoms with Gasteiger partial charge >= 0.3 is 0 Å². The number of ether oxygens (including phenoxy) is 2. The Balaban J connectivity index is 0.00000220. The second-order valence-electron chi connectivity index (χ2n) is 5.74. The van der Waals surface area contributed by atoms with Crippen molar-refractivity contribution in [3.8, 4) is 0 Å². The maximum atomic E-state index is 12.4. The highest BCUT2D eigenvalue weighted by molar-refractivity contribution is 5.85. The van der Waals surface area contributed by atoms with Gasteiger partial charge in [-0.05, 0) is 38.6 Å². The van der Waals surface area contributed by atoms with Crippen LogP contribution in [0.25, 0.3) is 0 Å². The maximum Gasteiger partial charge on any atom is 0.239 e. The zero-order chi connectivity index (χ0) is 14.2. The van der Waals surface area contributed by atoms with Crippen LogP contribution in [0.5, 0.6) is 0 Å². The number of halogens is 1. The van der Waals surface area contributed by atoms with E-state index >= 15 is 0 Å². The molecule has 1 N–H and O–H groups in total. The fourth-order valence-electron chi connectivity index (χ4n) is 2.98. The van der Waals surface area contributed by atoms with E-state index in [4.69, 9.17) is 9.47 Å². The molecule has 2 heterocycles. The lowest BCUT2D eigenvalue weighted by molar-refractivity contribution is -0.136. The van der Waals surface area contributed by atoms with Gasteiger partial charge in [-0.15, -0.1) is 12.4 Å². The SMILES string of the molecule is COCCCOC1CCN(C(=O)C2CCCCN2)CC1.Cl. The van der Waals surface area contributed by atoms with Crippen LogP contribution in [0.15, 0.2) is 0 Å². The number of hydrogen-bond donors (Lipinski definition) is 1. The van der Waals surface area contributed by atoms with Crippen LogP contribution in [0.1, 0.15) is 38.5 Å². The van der Waals surface area contributed by atoms with Gasteiger partial charge < -0.3 is 19.7 Å². The molecule has 0 aromatic heterocycles. The normalized spacial score (nSPS) is 23.7. The highest BCUT2D eigenvalue weighted by atomic mass is 35.5. The largest absolute Gasteiger partial charge is 0.385 e. The zero-order valence-corrected chi connectivity index (χ0v) is 13.8. The van der Waals surface area contributed by atoms with Crippen molar-refractivity contribution < 1.29 is 14.3 Å². The Morgan fingerprint density at radius 2 is 1.95 bits per heavy atom. The Labute approximate surface area is 134 Å². The van der Waals surface area contributed by atoms with E-state index in [9.17, 15) is 4.79 Å². The number of hydrogen-bond acceptors (Lipinski definition) is 4. The van der Waals surface area contributed by atoms with Gasteiger partial charge in [0.1, 0.15) is 0 Å². The minimum absolute atomic E-state index is 0. The van der Waals surface area contributed by atoms with Gasteiger partial charge in [0.2, 0.25) is 5.91 Å². The summed E-state index contributed by atoms with van der Waals surface area (Å²) in [5.41, 5.74) is 0. The molecular formula is C15H29ClN2O3. The van der Waals surface area contributed by atoms with Gasteiger partial charge in [-0.1, -0.05) is 6.42 Å². The van der Waals surface area contributed by atoms with Crippen molar-refractivity contribution in [2.75, 3.05) is 40.0 Å². The third-order valence-corrected chi connectivity index (χ3v) is 4.21. The van der Waals surface area contributed by atoms with Gasteiger partial charge in [0.05, 0.1) is 12.1 Å². The van der Waals surface area contributed by atoms with E-state index in [1.54, 1.807) is 7.11 Å². The van der Waals surface area contributed by atoms with Crippen LogP contribution in [0.2, 0.25) is 0 Å². The first kappa shape index (κ1) is 18.7. The molecule has 2 fully saturated rings. The van der Waals surface area contributed by atoms with E-state index in [0.717, 1.165) is 58.5 Å². The molecular weight excluding hydrogens is 292 g/mol. The molecule has 6 heteroatoms. The van der Waals surface area contributed by atoms with E-state index in [2.05, 4.69) is 5.32 Å². The van der Waals surface area contributed by atoms with Crippen LogP contribution in [-0.2, 0) is 14.3 Å². The number of carbonyl (C=O) groups is 1. The second kappa shape index (κ2) is 10.4. The van der Waals surface area contributed by atoms with E-state index in [-0.39, 0.29) is 18.4 Å². The molecule has 0 bridgehead atoms. The Bertz CT molecular complexity index is 291. The number of nitrogens with zero attached hydrogens (tertiary/aromatic N) is 1. The van der Waals surface area contributed by atoms with E-state index in [1.165, 1.54) is 12.8 Å². The number of amides is 1. The molecule has 2 saturated heterocycles. The van der Waals surface area contributed by atoms with Gasteiger partial charge in [0.15, 0.2) is 0 Å². The standard InChI is InChI=1S/C15H28N2O3.ClH/c1-19-11-4-12-20-13-6-9-17(10-7-13)15(18)14-5-2-3-8-16-14;/h13-14,16H,2-12H2,1H3;1H. The first-order valence-electron chi connectivity index (χ1n) is 7.94. The Morgan fingerprint density at radius 3 is 2.57 bits per heavy atom. The van der Waals surface area contributed by atoms with Gasteiger partial charge in [0.25, 0.3) is 0 Å². The second-order valence-corrected chi connectivity index (χ2v) is 5.74. The summed E-state index contributed by atoms with van der Waals surface area (Å²) in [6.45, 7) is 4.18. The molecule has 2 rings (SSSR count). The van der Waals surface area contributed by atoms with Crippen molar-refractivity contribution in [1.29, 1.82) is 0 Å². The summed E-state index contributed by atoms with van der Waals surface area (Å²) in [6, 6.07) is 0.0583. The molecule has 124 valence electrons. The highest BCUT2D eigenvalue weighted by Gasteiger charge is 2.29. The van der Waals surface area contributed by atoms with Gasteiger partial charge in [-0.25, -0.2) is 0 Å². The van der Waals surface area contributed by atoms with Crippen LogP contribution in [0, 0.1) is 0 Å². The third kappa shape index (κ3) is 6.10. The number of likely N-dealkylation sites (tertiary alicyclic amines) is 1. The summed E-state index contributed by atoms with van der Waals surface area (Å²) in [6.07, 6.45) is 6.55. The molecule has 1 amide bonds. The average molecular weight is 321 g/mol. The minimum Gasteiger partial charge on any atom is -0.385 e. The molecule has 0 radical (unpaired) electrons. The molecule has 5 nitrogen and oxygen atoms in total. The molecule has 2 aliphatic rings. The van der Waals surface area contributed by atoms with Gasteiger partial charge in [-0.3, -0.25) is 4.79 Å². The summed E-state index contributed by atoms with van der Waals surface area (Å²) in [5.74, 6) is 0.294. The van der Waals surface area contributed by atoms with E-state index < -0.39 is 0 Å². The first-order valence-corrected chi connectivity index (χ1v) is 7.94. The Morgan fingerprint density at radius 1 is 1.19 bits per heavy atom. The quantitative estimate of drug-likeness (QED) is 0.755. The molecule has 2 aliphatic heterocycles. The molecule has 0 aromatic rings. The van der Waals surface area contributed by atoms with Crippen LogP contribution < -0.4 is 5.32 Å². The number of rotatable bonds is 6. The van der Waals surface area contributed by atoms with E-state index in [1.807, 2.05) is 4.90 Å². The average Bonchev–Trinajstić information content (AvgIpc) is 2.52. The minimum atomic E-state index is 0. The fourth-order valence-corrected chi connectivity index (χ4v) is 2.98. The maximum absolute atomic E-state index is 12.4. The van der Waals surface area contributed by atoms with Crippen LogP contribution >= 0.6 is 12.4 Å². The van der Waals surface area contributed by atoms with Gasteiger partial charge in [0, 0.05) is 33.4 Å². The molecule has 0 aliphatic carbocycles. The summed E-state index contributed by atoms with van der Waals surface area (Å²) in [4.78, 5) is 14.4. The van der Waals surface area contributed by atoms with Crippen molar-refractivity contribution in [2.24, 2.45) is 0 Å². The van der Waals surface area contributed by atoms with Crippen molar-refractivity contribution >= 4 is 18.3 Å². The van der Waals surface area contributed by atoms with Gasteiger partial charge in [-0.2, -0.15) is 0 Å². The molecule has 21 heavy (non-hydrogen) atoms. The molecule has 0 aromatic carbocycles. The van der Waals surface area contributed by atoms with Crippen molar-refractivity contribution in [3.05, 3.63) is 0 Å². The lowest BCUT2D eigenvalue weighted by Gasteiger charge is -2.35. The number of carbonyl (C=O) groups excluding carboxylic acids is 1. The van der Waals surface area contributed by atoms with Crippen LogP contribution in [-0.4, -0.2) is 62.9 Å². The lowest BCUT2D eigenvalue weighted by Crippen LogP contribution is -2.51. The summed E-state index contributed by atoms with van der Waals surface area (Å²) in [5, 5.41) is 3.34. The van der Waals surface area contributed by atoms with Crippen LogP contribution in [0.3, 0.4) is 0 Å². The Kier molecular flexibility index (Phi) is 9.24. The summed E-state index contributed by atoms with van der Waals surface area (Å²) in [7, 11) is 1.71. The third-order valence-electron chi connectivity index (χ3n) is 4.21. The molecule has 1 unspecified atom stereocenters. The Hall–Kier alpha value is -0.360. The lowest BCUT2D eigenvalue weighted by atomic mass is 10.0. The van der Waals surface area contributed by atoms with Crippen molar-refractivity contribution in [2.45, 2.75) is 50.7 Å². The number of methoxy groups -OCH3 is 1. The first-order chi connectivity index (χ1) is 9.81. The highest BCUT2D eigenvalue weighted by Crippen LogP contribution is 2.17. The molecule has 0 saturated carbocycles. The summed E-state index contributed by atoms with van der Waals surface area (Å²) >= 11 is 0. The predicted octanol–water partition coefficient (Wildman–Crippen LogP) is 1.59. The molecule has 1 atom stereocenters. The molecule has 0 spiro atoms. The van der Waals surface area contributed by atoms with Crippen molar-refractivity contribution in [1.82, 2.24) is 10.2 Å². The van der Waals surface area contributed by atoms with E-state index in [0.29, 0.717) is 12.0 Å². The zero-order valence-electron chi connectivity index (χ0n) is 13.0. The van der Waals surface area contributed by atoms with Crippen molar-refractivity contribution in [3.63, 3.8) is 0 Å². The topological polar surface area (TPSA) is 50.8 Å². The number of nitrogens with one attached hydrogen (secondary N) is 1. The summed E-state index contributed by atoms with van der Waals surface area (Å²) < 4.78 is 10.8. The predicted molar refractivity (Wildman–Crippen MR) is 84.9 cm³/mol. The monoisotopic (exact) mass is 320 g/mol. The number of piperidine rings is 2. The smallest absolute Gasteiger partial charge is 0.239 e. The fraction of sp³-hybridized carbons (Fsp3) is 0.933. The van der Waals surface area contributed by atoms with Crippen LogP contribution in [0.4, 0.5) is 0 Å².